The predicted molar refractivity (Wildman–Crippen MR) is 109 cm³/mol. The molecule has 1 N–H and O–H groups in total. The SMILES string of the molecule is COCCOc1ccc(-c2c(C)n(-c3ccccc3)c3nc[nH]c(=O)c23)cc1. The molecule has 0 aliphatic carbocycles. The molecule has 0 aliphatic rings. The molecule has 4 aromatic rings. The van der Waals surface area contributed by atoms with Gasteiger partial charge >= 0.3 is 0 Å². The number of ether oxygens (including phenoxy) is 2. The molecule has 0 bridgehead atoms. The van der Waals surface area contributed by atoms with Gasteiger partial charge in [-0.3, -0.25) is 9.36 Å². The summed E-state index contributed by atoms with van der Waals surface area (Å²) in [7, 11) is 1.64. The first-order chi connectivity index (χ1) is 13.7. The number of rotatable bonds is 6. The molecule has 0 spiro atoms. The van der Waals surface area contributed by atoms with E-state index in [2.05, 4.69) is 9.97 Å². The minimum absolute atomic E-state index is 0.154. The Kier molecular flexibility index (Phi) is 4.95. The molecule has 142 valence electrons. The van der Waals surface area contributed by atoms with Crippen molar-refractivity contribution < 1.29 is 9.47 Å². The van der Waals surface area contributed by atoms with Gasteiger partial charge in [-0.05, 0) is 36.8 Å². The van der Waals surface area contributed by atoms with Crippen molar-refractivity contribution in [3.05, 3.63) is 77.0 Å². The number of nitrogens with one attached hydrogen (secondary N) is 1. The normalized spacial score (nSPS) is 11.1. The number of aromatic amines is 1. The molecule has 6 nitrogen and oxygen atoms in total. The molecule has 6 heteroatoms. The smallest absolute Gasteiger partial charge is 0.260 e. The fourth-order valence-electron chi connectivity index (χ4n) is 3.44. The lowest BCUT2D eigenvalue weighted by molar-refractivity contribution is 0.146. The molecule has 0 saturated heterocycles. The minimum Gasteiger partial charge on any atom is -0.491 e. The third-order valence-corrected chi connectivity index (χ3v) is 4.71. The summed E-state index contributed by atoms with van der Waals surface area (Å²) in [6.07, 6.45) is 1.44. The Morgan fingerprint density at radius 1 is 1.04 bits per heavy atom. The van der Waals surface area contributed by atoms with Crippen molar-refractivity contribution >= 4 is 11.0 Å². The van der Waals surface area contributed by atoms with Crippen molar-refractivity contribution in [2.45, 2.75) is 6.92 Å². The van der Waals surface area contributed by atoms with Gasteiger partial charge in [-0.2, -0.15) is 0 Å². The first kappa shape index (κ1) is 18.0. The number of para-hydroxylation sites is 1. The number of benzene rings is 2. The number of hydrogen-bond acceptors (Lipinski definition) is 4. The fraction of sp³-hybridized carbons (Fsp3) is 0.182. The van der Waals surface area contributed by atoms with E-state index in [4.69, 9.17) is 9.47 Å². The molecular weight excluding hydrogens is 354 g/mol. The summed E-state index contributed by atoms with van der Waals surface area (Å²) in [5, 5.41) is 0.580. The summed E-state index contributed by atoms with van der Waals surface area (Å²) in [6, 6.07) is 17.7. The zero-order chi connectivity index (χ0) is 19.5. The highest BCUT2D eigenvalue weighted by molar-refractivity contribution is 5.96. The Morgan fingerprint density at radius 3 is 2.50 bits per heavy atom. The predicted octanol–water partition coefficient (Wildman–Crippen LogP) is 3.71. The van der Waals surface area contributed by atoms with Gasteiger partial charge in [0.05, 0.1) is 18.3 Å². The van der Waals surface area contributed by atoms with Gasteiger partial charge in [-0.15, -0.1) is 0 Å². The van der Waals surface area contributed by atoms with Gasteiger partial charge < -0.3 is 14.5 Å². The first-order valence-electron chi connectivity index (χ1n) is 9.07. The molecule has 0 amide bonds. The maximum atomic E-state index is 12.7. The lowest BCUT2D eigenvalue weighted by atomic mass is 10.0. The Hall–Kier alpha value is -3.38. The van der Waals surface area contributed by atoms with Crippen LogP contribution in [0.5, 0.6) is 5.75 Å². The number of aromatic nitrogens is 3. The highest BCUT2D eigenvalue weighted by Gasteiger charge is 2.20. The first-order valence-corrected chi connectivity index (χ1v) is 9.07. The highest BCUT2D eigenvalue weighted by atomic mass is 16.5. The van der Waals surface area contributed by atoms with Crippen LogP contribution >= 0.6 is 0 Å². The van der Waals surface area contributed by atoms with Crippen LogP contribution < -0.4 is 10.3 Å². The van der Waals surface area contributed by atoms with Crippen molar-refractivity contribution in [3.8, 4) is 22.6 Å². The van der Waals surface area contributed by atoms with Crippen LogP contribution in [0, 0.1) is 6.92 Å². The summed E-state index contributed by atoms with van der Waals surface area (Å²) >= 11 is 0. The molecule has 28 heavy (non-hydrogen) atoms. The number of methoxy groups -OCH3 is 1. The lowest BCUT2D eigenvalue weighted by Crippen LogP contribution is -2.07. The van der Waals surface area contributed by atoms with Crippen LogP contribution in [-0.4, -0.2) is 34.9 Å². The van der Waals surface area contributed by atoms with E-state index >= 15 is 0 Å². The van der Waals surface area contributed by atoms with Gasteiger partial charge in [0.2, 0.25) is 0 Å². The van der Waals surface area contributed by atoms with E-state index in [1.54, 1.807) is 7.11 Å². The second kappa shape index (κ2) is 7.70. The summed E-state index contributed by atoms with van der Waals surface area (Å²) in [4.78, 5) is 19.8. The third-order valence-electron chi connectivity index (χ3n) is 4.71. The van der Waals surface area contributed by atoms with E-state index in [0.29, 0.717) is 24.2 Å². The fourth-order valence-corrected chi connectivity index (χ4v) is 3.44. The second-order valence-electron chi connectivity index (χ2n) is 6.43. The van der Waals surface area contributed by atoms with E-state index in [9.17, 15) is 4.79 Å². The number of hydrogen-bond donors (Lipinski definition) is 1. The Labute approximate surface area is 162 Å². The van der Waals surface area contributed by atoms with Crippen LogP contribution in [-0.2, 0) is 4.74 Å². The van der Waals surface area contributed by atoms with E-state index in [-0.39, 0.29) is 5.56 Å². The Bertz CT molecular complexity index is 1150. The van der Waals surface area contributed by atoms with Gasteiger partial charge in [0.25, 0.3) is 5.56 Å². The van der Waals surface area contributed by atoms with Crippen LogP contribution in [0.2, 0.25) is 0 Å². The molecule has 2 aromatic heterocycles. The van der Waals surface area contributed by atoms with Crippen molar-refractivity contribution in [1.29, 1.82) is 0 Å². The van der Waals surface area contributed by atoms with Crippen molar-refractivity contribution in [3.63, 3.8) is 0 Å². The Balaban J connectivity index is 1.86. The van der Waals surface area contributed by atoms with Crippen molar-refractivity contribution in [2.24, 2.45) is 0 Å². The maximum Gasteiger partial charge on any atom is 0.260 e. The number of nitrogens with zero attached hydrogens (tertiary/aromatic N) is 2. The average molecular weight is 375 g/mol. The van der Waals surface area contributed by atoms with Gasteiger partial charge in [-0.25, -0.2) is 4.98 Å². The zero-order valence-corrected chi connectivity index (χ0v) is 15.8. The molecule has 0 fully saturated rings. The monoisotopic (exact) mass is 375 g/mol. The minimum atomic E-state index is -0.154. The molecule has 0 unspecified atom stereocenters. The number of H-pyrrole nitrogens is 1. The van der Waals surface area contributed by atoms with E-state index in [1.165, 1.54) is 6.33 Å². The summed E-state index contributed by atoms with van der Waals surface area (Å²) in [5.41, 5.74) is 4.22. The molecular formula is C22H21N3O3. The third kappa shape index (κ3) is 3.18. The standard InChI is InChI=1S/C22H21N3O3/c1-15-19(16-8-10-18(11-9-16)28-13-12-27-2)20-21(23-14-24-22(20)26)25(15)17-6-4-3-5-7-17/h3-11,14H,12-13H2,1-2H3,(H,23,24,26). The van der Waals surface area contributed by atoms with Crippen LogP contribution in [0.15, 0.2) is 65.7 Å². The van der Waals surface area contributed by atoms with Crippen LogP contribution in [0.25, 0.3) is 27.8 Å². The van der Waals surface area contributed by atoms with Crippen LogP contribution in [0.1, 0.15) is 5.69 Å². The summed E-state index contributed by atoms with van der Waals surface area (Å²) in [5.74, 6) is 0.761. The quantitative estimate of drug-likeness (QED) is 0.522. The molecule has 0 saturated carbocycles. The second-order valence-corrected chi connectivity index (χ2v) is 6.43. The molecule has 0 aliphatic heterocycles. The van der Waals surface area contributed by atoms with E-state index in [0.717, 1.165) is 28.3 Å². The summed E-state index contributed by atoms with van der Waals surface area (Å²) < 4.78 is 12.7. The van der Waals surface area contributed by atoms with Crippen molar-refractivity contribution in [1.82, 2.24) is 14.5 Å². The highest BCUT2D eigenvalue weighted by Crippen LogP contribution is 2.34. The van der Waals surface area contributed by atoms with Gasteiger partial charge in [0.15, 0.2) is 5.65 Å². The Morgan fingerprint density at radius 2 is 1.79 bits per heavy atom. The topological polar surface area (TPSA) is 69.1 Å². The van der Waals surface area contributed by atoms with Gasteiger partial charge in [0.1, 0.15) is 12.4 Å². The largest absolute Gasteiger partial charge is 0.491 e. The van der Waals surface area contributed by atoms with Gasteiger partial charge in [0, 0.05) is 24.1 Å². The molecule has 4 rings (SSSR count). The molecule has 0 atom stereocenters. The van der Waals surface area contributed by atoms with Gasteiger partial charge in [-0.1, -0.05) is 30.3 Å². The number of fused-ring (bicyclic) bond motifs is 1. The molecule has 2 aromatic carbocycles. The van der Waals surface area contributed by atoms with Crippen molar-refractivity contribution in [2.75, 3.05) is 20.3 Å². The van der Waals surface area contributed by atoms with Crippen LogP contribution in [0.4, 0.5) is 0 Å². The zero-order valence-electron chi connectivity index (χ0n) is 15.8. The summed E-state index contributed by atoms with van der Waals surface area (Å²) in [6.45, 7) is 3.03. The van der Waals surface area contributed by atoms with Crippen LogP contribution in [0.3, 0.4) is 0 Å². The lowest BCUT2D eigenvalue weighted by Gasteiger charge is -2.09. The molecule has 2 heterocycles. The van der Waals surface area contributed by atoms with E-state index < -0.39 is 0 Å². The molecule has 0 radical (unpaired) electrons. The maximum absolute atomic E-state index is 12.7. The average Bonchev–Trinajstić information content (AvgIpc) is 3.02. The van der Waals surface area contributed by atoms with E-state index in [1.807, 2.05) is 66.1 Å².